The van der Waals surface area contributed by atoms with Crippen LogP contribution < -0.4 is 10.6 Å². The zero-order valence-electron chi connectivity index (χ0n) is 11.0. The Labute approximate surface area is 105 Å². The van der Waals surface area contributed by atoms with Crippen molar-refractivity contribution >= 4 is 0 Å². The molecule has 0 spiro atoms. The quantitative estimate of drug-likeness (QED) is 0.582. The Bertz CT molecular complexity index is 247. The number of hydrogen-bond donors (Lipinski definition) is 2. The van der Waals surface area contributed by atoms with Crippen LogP contribution >= 0.6 is 0 Å². The van der Waals surface area contributed by atoms with Gasteiger partial charge in [-0.15, -0.1) is 0 Å². The molecule has 0 fully saturated rings. The van der Waals surface area contributed by atoms with Crippen LogP contribution in [0.1, 0.15) is 44.8 Å². The molecule has 3 heteroatoms. The minimum absolute atomic E-state index is 0.825. The Morgan fingerprint density at radius 3 is 2.59 bits per heavy atom. The fraction of sp³-hybridized carbons (Fsp3) is 0.714. The third kappa shape index (κ3) is 8.00. The maximum atomic E-state index is 5.23. The van der Waals surface area contributed by atoms with Crippen LogP contribution in [0.2, 0.25) is 0 Å². The Balaban J connectivity index is 1.76. The average Bonchev–Trinajstić information content (AvgIpc) is 2.85. The normalized spacial score (nSPS) is 10.9. The van der Waals surface area contributed by atoms with E-state index in [1.54, 1.807) is 6.26 Å². The van der Waals surface area contributed by atoms with Gasteiger partial charge in [0.05, 0.1) is 12.8 Å². The zero-order chi connectivity index (χ0) is 12.2. The number of nitrogens with one attached hydrogen (secondary N) is 2. The third-order valence-electron chi connectivity index (χ3n) is 2.81. The molecule has 0 saturated carbocycles. The average molecular weight is 238 g/mol. The molecule has 0 amide bonds. The summed E-state index contributed by atoms with van der Waals surface area (Å²) in [6, 6.07) is 3.92. The van der Waals surface area contributed by atoms with Crippen molar-refractivity contribution in [2.75, 3.05) is 19.6 Å². The van der Waals surface area contributed by atoms with E-state index in [1.165, 1.54) is 32.1 Å². The van der Waals surface area contributed by atoms with Gasteiger partial charge in [0.25, 0.3) is 0 Å². The minimum Gasteiger partial charge on any atom is -0.468 e. The van der Waals surface area contributed by atoms with Gasteiger partial charge in [-0.3, -0.25) is 0 Å². The molecule has 0 saturated heterocycles. The lowest BCUT2D eigenvalue weighted by Gasteiger charge is -2.05. The second-order valence-electron chi connectivity index (χ2n) is 4.42. The molecular weight excluding hydrogens is 212 g/mol. The highest BCUT2D eigenvalue weighted by molar-refractivity contribution is 4.97. The monoisotopic (exact) mass is 238 g/mol. The van der Waals surface area contributed by atoms with Gasteiger partial charge in [-0.25, -0.2) is 0 Å². The van der Waals surface area contributed by atoms with E-state index in [4.69, 9.17) is 4.42 Å². The molecule has 0 aromatic carbocycles. The Morgan fingerprint density at radius 1 is 1.00 bits per heavy atom. The van der Waals surface area contributed by atoms with Crippen molar-refractivity contribution in [3.63, 3.8) is 0 Å². The summed E-state index contributed by atoms with van der Waals surface area (Å²) in [5.74, 6) is 1.00. The van der Waals surface area contributed by atoms with E-state index in [0.717, 1.165) is 31.9 Å². The molecule has 1 rings (SSSR count). The Morgan fingerprint density at radius 2 is 1.82 bits per heavy atom. The number of rotatable bonds is 11. The van der Waals surface area contributed by atoms with Gasteiger partial charge in [0, 0.05) is 13.1 Å². The molecule has 1 aromatic heterocycles. The van der Waals surface area contributed by atoms with E-state index < -0.39 is 0 Å². The predicted octanol–water partition coefficient (Wildman–Crippen LogP) is 2.93. The fourth-order valence-electron chi connectivity index (χ4n) is 1.78. The van der Waals surface area contributed by atoms with E-state index >= 15 is 0 Å². The smallest absolute Gasteiger partial charge is 0.117 e. The molecule has 17 heavy (non-hydrogen) atoms. The van der Waals surface area contributed by atoms with Crippen LogP contribution in [0.15, 0.2) is 22.8 Å². The van der Waals surface area contributed by atoms with Crippen LogP contribution in [-0.4, -0.2) is 19.6 Å². The van der Waals surface area contributed by atoms with Crippen molar-refractivity contribution in [1.82, 2.24) is 10.6 Å². The summed E-state index contributed by atoms with van der Waals surface area (Å²) in [6.45, 7) is 6.25. The van der Waals surface area contributed by atoms with Gasteiger partial charge >= 0.3 is 0 Å². The van der Waals surface area contributed by atoms with E-state index in [1.807, 2.05) is 12.1 Å². The summed E-state index contributed by atoms with van der Waals surface area (Å²) < 4.78 is 5.23. The molecule has 0 atom stereocenters. The van der Waals surface area contributed by atoms with E-state index in [2.05, 4.69) is 17.6 Å². The lowest BCUT2D eigenvalue weighted by Crippen LogP contribution is -2.27. The van der Waals surface area contributed by atoms with Crippen LogP contribution in [-0.2, 0) is 6.54 Å². The number of hydrogen-bond acceptors (Lipinski definition) is 3. The molecule has 1 aromatic rings. The molecule has 0 aliphatic carbocycles. The summed E-state index contributed by atoms with van der Waals surface area (Å²) >= 11 is 0. The molecular formula is C14H26N2O. The first-order valence-electron chi connectivity index (χ1n) is 6.87. The lowest BCUT2D eigenvalue weighted by molar-refractivity contribution is 0.478. The van der Waals surface area contributed by atoms with Crippen molar-refractivity contribution in [3.8, 4) is 0 Å². The van der Waals surface area contributed by atoms with E-state index in [9.17, 15) is 0 Å². The SMILES string of the molecule is CCCCCCCNCCNCc1ccco1. The summed E-state index contributed by atoms with van der Waals surface area (Å²) in [5, 5.41) is 6.79. The second-order valence-corrected chi connectivity index (χ2v) is 4.42. The summed E-state index contributed by atoms with van der Waals surface area (Å²) in [7, 11) is 0. The van der Waals surface area contributed by atoms with Gasteiger partial charge in [0.15, 0.2) is 0 Å². The lowest BCUT2D eigenvalue weighted by atomic mass is 10.1. The van der Waals surface area contributed by atoms with Gasteiger partial charge in [0.2, 0.25) is 0 Å². The first-order chi connectivity index (χ1) is 8.43. The van der Waals surface area contributed by atoms with Gasteiger partial charge in [-0.05, 0) is 25.1 Å². The van der Waals surface area contributed by atoms with Crippen LogP contribution in [0.25, 0.3) is 0 Å². The minimum atomic E-state index is 0.825. The van der Waals surface area contributed by atoms with Crippen molar-refractivity contribution in [3.05, 3.63) is 24.2 Å². The van der Waals surface area contributed by atoms with Crippen LogP contribution in [0.5, 0.6) is 0 Å². The maximum Gasteiger partial charge on any atom is 0.117 e. The molecule has 0 unspecified atom stereocenters. The molecule has 1 heterocycles. The predicted molar refractivity (Wildman–Crippen MR) is 72.0 cm³/mol. The summed E-state index contributed by atoms with van der Waals surface area (Å²) in [5.41, 5.74) is 0. The molecule has 0 bridgehead atoms. The molecule has 0 radical (unpaired) electrons. The van der Waals surface area contributed by atoms with Crippen molar-refractivity contribution in [2.45, 2.75) is 45.6 Å². The van der Waals surface area contributed by atoms with Gasteiger partial charge in [-0.1, -0.05) is 32.6 Å². The second kappa shape index (κ2) is 10.4. The largest absolute Gasteiger partial charge is 0.468 e. The number of furan rings is 1. The van der Waals surface area contributed by atoms with E-state index in [0.29, 0.717) is 0 Å². The van der Waals surface area contributed by atoms with Crippen molar-refractivity contribution < 1.29 is 4.42 Å². The van der Waals surface area contributed by atoms with Crippen molar-refractivity contribution in [1.29, 1.82) is 0 Å². The standard InChI is InChI=1S/C14H26N2O/c1-2-3-4-5-6-9-15-10-11-16-13-14-8-7-12-17-14/h7-8,12,15-16H,2-6,9-11,13H2,1H3. The number of unbranched alkanes of at least 4 members (excludes halogenated alkanes) is 4. The molecule has 0 aliphatic rings. The fourth-order valence-corrected chi connectivity index (χ4v) is 1.78. The van der Waals surface area contributed by atoms with Gasteiger partial charge in [0.1, 0.15) is 5.76 Å². The highest BCUT2D eigenvalue weighted by Crippen LogP contribution is 2.01. The Hall–Kier alpha value is -0.800. The summed E-state index contributed by atoms with van der Waals surface area (Å²) in [4.78, 5) is 0. The molecule has 0 aliphatic heterocycles. The highest BCUT2D eigenvalue weighted by atomic mass is 16.3. The van der Waals surface area contributed by atoms with Crippen LogP contribution in [0.3, 0.4) is 0 Å². The van der Waals surface area contributed by atoms with Gasteiger partial charge < -0.3 is 15.1 Å². The van der Waals surface area contributed by atoms with Crippen LogP contribution in [0.4, 0.5) is 0 Å². The van der Waals surface area contributed by atoms with Crippen molar-refractivity contribution in [2.24, 2.45) is 0 Å². The van der Waals surface area contributed by atoms with E-state index in [-0.39, 0.29) is 0 Å². The van der Waals surface area contributed by atoms with Crippen LogP contribution in [0, 0.1) is 0 Å². The maximum absolute atomic E-state index is 5.23. The van der Waals surface area contributed by atoms with Gasteiger partial charge in [-0.2, -0.15) is 0 Å². The molecule has 3 nitrogen and oxygen atoms in total. The Kier molecular flexibility index (Phi) is 8.69. The third-order valence-corrected chi connectivity index (χ3v) is 2.81. The molecule has 98 valence electrons. The highest BCUT2D eigenvalue weighted by Gasteiger charge is 1.94. The topological polar surface area (TPSA) is 37.2 Å². The first kappa shape index (κ1) is 14.3. The molecule has 2 N–H and O–H groups in total. The first-order valence-corrected chi connectivity index (χ1v) is 6.87. The zero-order valence-corrected chi connectivity index (χ0v) is 11.0. The summed E-state index contributed by atoms with van der Waals surface area (Å²) in [6.07, 6.45) is 8.47.